The van der Waals surface area contributed by atoms with Crippen LogP contribution < -0.4 is 10.6 Å². The average molecular weight is 409 g/mol. The summed E-state index contributed by atoms with van der Waals surface area (Å²) < 4.78 is 14.8. The van der Waals surface area contributed by atoms with Crippen molar-refractivity contribution in [3.63, 3.8) is 0 Å². The number of halogens is 1. The number of hydrogen-bond donors (Lipinski definition) is 2. The minimum absolute atomic E-state index is 0.151. The van der Waals surface area contributed by atoms with Gasteiger partial charge in [0, 0.05) is 23.6 Å². The van der Waals surface area contributed by atoms with Crippen molar-refractivity contribution in [3.8, 4) is 11.3 Å². The lowest BCUT2D eigenvalue weighted by atomic mass is 10.1. The van der Waals surface area contributed by atoms with Gasteiger partial charge in [0.1, 0.15) is 5.82 Å². The van der Waals surface area contributed by atoms with Gasteiger partial charge in [0.15, 0.2) is 0 Å². The molecule has 146 valence electrons. The molecule has 2 amide bonds. The number of carbonyl (C=O) groups is 2. The van der Waals surface area contributed by atoms with Crippen LogP contribution in [0.15, 0.2) is 53.9 Å². The molecule has 0 radical (unpaired) electrons. The Balaban J connectivity index is 1.46. The highest BCUT2D eigenvalue weighted by atomic mass is 32.1. The second-order valence-corrected chi connectivity index (χ2v) is 7.20. The van der Waals surface area contributed by atoms with E-state index in [0.717, 1.165) is 16.8 Å². The Kier molecular flexibility index (Phi) is 5.05. The minimum Gasteiger partial charge on any atom is -0.326 e. The molecule has 0 atom stereocenters. The first-order valence-electron chi connectivity index (χ1n) is 8.74. The first-order valence-corrected chi connectivity index (χ1v) is 9.62. The third kappa shape index (κ3) is 4.30. The molecular formula is C20H16FN5O2S. The van der Waals surface area contributed by atoms with E-state index in [1.165, 1.54) is 30.4 Å². The fourth-order valence-corrected chi connectivity index (χ4v) is 3.65. The Morgan fingerprint density at radius 3 is 2.48 bits per heavy atom. The number of hydrogen-bond acceptors (Lipinski definition) is 5. The number of nitrogens with zero attached hydrogens (tertiary/aromatic N) is 3. The van der Waals surface area contributed by atoms with Gasteiger partial charge in [-0.2, -0.15) is 4.98 Å². The van der Waals surface area contributed by atoms with Crippen LogP contribution in [0.25, 0.3) is 16.2 Å². The number of nitrogens with one attached hydrogen (secondary N) is 2. The molecule has 0 aliphatic rings. The molecular weight excluding hydrogens is 393 g/mol. The van der Waals surface area contributed by atoms with Crippen molar-refractivity contribution in [1.29, 1.82) is 0 Å². The highest BCUT2D eigenvalue weighted by Crippen LogP contribution is 2.26. The van der Waals surface area contributed by atoms with Gasteiger partial charge >= 0.3 is 0 Å². The van der Waals surface area contributed by atoms with Crippen molar-refractivity contribution in [2.45, 2.75) is 13.3 Å². The molecule has 29 heavy (non-hydrogen) atoms. The maximum Gasteiger partial charge on any atom is 0.250 e. The van der Waals surface area contributed by atoms with Crippen LogP contribution in [0.3, 0.4) is 0 Å². The fourth-order valence-electron chi connectivity index (χ4n) is 2.82. The molecule has 0 bridgehead atoms. The molecule has 2 heterocycles. The first-order chi connectivity index (χ1) is 14.0. The highest BCUT2D eigenvalue weighted by molar-refractivity contribution is 7.15. The van der Waals surface area contributed by atoms with E-state index < -0.39 is 0 Å². The van der Waals surface area contributed by atoms with Gasteiger partial charge in [-0.3, -0.25) is 14.9 Å². The first kappa shape index (κ1) is 18.8. The molecule has 7 nitrogen and oxygen atoms in total. The van der Waals surface area contributed by atoms with Crippen LogP contribution in [0.1, 0.15) is 12.5 Å². The van der Waals surface area contributed by atoms with Crippen LogP contribution in [-0.2, 0) is 16.0 Å². The summed E-state index contributed by atoms with van der Waals surface area (Å²) in [5.74, 6) is -0.503. The third-order valence-electron chi connectivity index (χ3n) is 4.11. The summed E-state index contributed by atoms with van der Waals surface area (Å²) in [5.41, 5.74) is 3.04. The molecule has 2 aromatic carbocycles. The Hall–Kier alpha value is -3.59. The van der Waals surface area contributed by atoms with Crippen molar-refractivity contribution in [3.05, 3.63) is 65.3 Å². The lowest BCUT2D eigenvalue weighted by molar-refractivity contribution is -0.116. The molecule has 0 unspecified atom stereocenters. The normalized spacial score (nSPS) is 10.8. The predicted molar refractivity (Wildman–Crippen MR) is 109 cm³/mol. The van der Waals surface area contributed by atoms with Crippen LogP contribution in [0.5, 0.6) is 0 Å². The summed E-state index contributed by atoms with van der Waals surface area (Å²) in [6.45, 7) is 1.44. The van der Waals surface area contributed by atoms with Crippen LogP contribution in [0, 0.1) is 5.82 Å². The molecule has 0 saturated carbocycles. The zero-order valence-electron chi connectivity index (χ0n) is 15.3. The maximum absolute atomic E-state index is 13.1. The molecule has 0 saturated heterocycles. The zero-order chi connectivity index (χ0) is 20.4. The molecule has 0 aliphatic heterocycles. The lowest BCUT2D eigenvalue weighted by Crippen LogP contribution is -2.15. The van der Waals surface area contributed by atoms with Crippen LogP contribution in [0.2, 0.25) is 0 Å². The highest BCUT2D eigenvalue weighted by Gasteiger charge is 2.14. The van der Waals surface area contributed by atoms with E-state index in [-0.39, 0.29) is 30.0 Å². The number of anilines is 2. The Morgan fingerprint density at radius 2 is 1.79 bits per heavy atom. The molecule has 4 aromatic rings. The van der Waals surface area contributed by atoms with Gasteiger partial charge in [-0.25, -0.2) is 8.91 Å². The molecule has 9 heteroatoms. The van der Waals surface area contributed by atoms with Crippen molar-refractivity contribution < 1.29 is 14.0 Å². The summed E-state index contributed by atoms with van der Waals surface area (Å²) in [6, 6.07) is 13.1. The SMILES string of the molecule is CC(=O)Nc1ccc(CC(=O)Nc2nc3scc(-c4ccc(F)cc4)n3n2)cc1. The van der Waals surface area contributed by atoms with Crippen LogP contribution >= 0.6 is 11.3 Å². The van der Waals surface area contributed by atoms with Crippen molar-refractivity contribution in [2.24, 2.45) is 0 Å². The van der Waals surface area contributed by atoms with Crippen LogP contribution in [0.4, 0.5) is 16.0 Å². The van der Waals surface area contributed by atoms with Gasteiger partial charge in [0.25, 0.3) is 0 Å². The number of benzene rings is 2. The molecule has 2 N–H and O–H groups in total. The van der Waals surface area contributed by atoms with E-state index in [1.54, 1.807) is 40.9 Å². The topological polar surface area (TPSA) is 88.4 Å². The molecule has 4 rings (SSSR count). The fraction of sp³-hybridized carbons (Fsp3) is 0.100. The third-order valence-corrected chi connectivity index (χ3v) is 4.93. The van der Waals surface area contributed by atoms with Crippen molar-refractivity contribution in [1.82, 2.24) is 14.6 Å². The minimum atomic E-state index is -0.308. The molecule has 0 fully saturated rings. The number of aromatic nitrogens is 3. The van der Waals surface area contributed by atoms with Crippen LogP contribution in [-0.4, -0.2) is 26.4 Å². The average Bonchev–Trinajstić information content (AvgIpc) is 3.24. The maximum atomic E-state index is 13.1. The summed E-state index contributed by atoms with van der Waals surface area (Å²) >= 11 is 1.38. The predicted octanol–water partition coefficient (Wildman–Crippen LogP) is 3.74. The van der Waals surface area contributed by atoms with Gasteiger partial charge in [0.05, 0.1) is 12.1 Å². The largest absolute Gasteiger partial charge is 0.326 e. The zero-order valence-corrected chi connectivity index (χ0v) is 16.2. The summed E-state index contributed by atoms with van der Waals surface area (Å²) in [5, 5.41) is 11.6. The number of rotatable bonds is 5. The number of thiazole rings is 1. The van der Waals surface area contributed by atoms with E-state index in [1.807, 2.05) is 5.38 Å². The van der Waals surface area contributed by atoms with Gasteiger partial charge in [-0.05, 0) is 42.0 Å². The van der Waals surface area contributed by atoms with Gasteiger partial charge in [-0.15, -0.1) is 16.4 Å². The number of amides is 2. The number of carbonyl (C=O) groups excluding carboxylic acids is 2. The monoisotopic (exact) mass is 409 g/mol. The van der Waals surface area contributed by atoms with E-state index in [0.29, 0.717) is 10.6 Å². The number of fused-ring (bicyclic) bond motifs is 1. The molecule has 0 aliphatic carbocycles. The second kappa shape index (κ2) is 7.80. The van der Waals surface area contributed by atoms with Crippen molar-refractivity contribution in [2.75, 3.05) is 10.6 Å². The summed E-state index contributed by atoms with van der Waals surface area (Å²) in [4.78, 5) is 28.3. The summed E-state index contributed by atoms with van der Waals surface area (Å²) in [6.07, 6.45) is 0.151. The molecule has 2 aromatic heterocycles. The Labute approximate surface area is 169 Å². The van der Waals surface area contributed by atoms with Crippen molar-refractivity contribution >= 4 is 39.7 Å². The smallest absolute Gasteiger partial charge is 0.250 e. The van der Waals surface area contributed by atoms with E-state index in [2.05, 4.69) is 20.7 Å². The molecule has 0 spiro atoms. The van der Waals surface area contributed by atoms with E-state index >= 15 is 0 Å². The van der Waals surface area contributed by atoms with Gasteiger partial charge in [-0.1, -0.05) is 12.1 Å². The van der Waals surface area contributed by atoms with E-state index in [9.17, 15) is 14.0 Å². The Morgan fingerprint density at radius 1 is 1.07 bits per heavy atom. The standard InChI is InChI=1S/C20H16FN5O2S/c1-12(27)22-16-8-2-13(3-9-16)10-18(28)23-19-24-20-26(25-19)17(11-29-20)14-4-6-15(21)7-5-14/h2-9,11H,10H2,1H3,(H,22,27)(H,23,25,28). The van der Waals surface area contributed by atoms with Gasteiger partial charge in [0.2, 0.25) is 22.7 Å². The lowest BCUT2D eigenvalue weighted by Gasteiger charge is -2.04. The summed E-state index contributed by atoms with van der Waals surface area (Å²) in [7, 11) is 0. The van der Waals surface area contributed by atoms with E-state index in [4.69, 9.17) is 0 Å². The van der Waals surface area contributed by atoms with Gasteiger partial charge < -0.3 is 5.32 Å². The second-order valence-electron chi connectivity index (χ2n) is 6.36. The Bertz CT molecular complexity index is 1180. The quantitative estimate of drug-likeness (QED) is 0.526.